The Balaban J connectivity index is 2.13. The summed E-state index contributed by atoms with van der Waals surface area (Å²) in [5.41, 5.74) is 1.27. The maximum Gasteiger partial charge on any atom is 0.255 e. The second kappa shape index (κ2) is 5.12. The smallest absolute Gasteiger partial charge is 0.255 e. The number of carbonyl (C=O) groups is 1. The lowest BCUT2D eigenvalue weighted by Gasteiger charge is -2.06. The Kier molecular flexibility index (Phi) is 3.35. The number of benzene rings is 1. The zero-order chi connectivity index (χ0) is 12.1. The van der Waals surface area contributed by atoms with Crippen molar-refractivity contribution in [3.8, 4) is 5.88 Å². The zero-order valence-electron chi connectivity index (χ0n) is 9.38. The molecule has 0 atom stereocenters. The number of anilines is 1. The van der Waals surface area contributed by atoms with E-state index in [0.717, 1.165) is 0 Å². The van der Waals surface area contributed by atoms with E-state index in [4.69, 9.17) is 4.74 Å². The van der Waals surface area contributed by atoms with Crippen LogP contribution in [0, 0.1) is 0 Å². The van der Waals surface area contributed by atoms with E-state index in [-0.39, 0.29) is 5.91 Å². The second-order valence-electron chi connectivity index (χ2n) is 3.41. The van der Waals surface area contributed by atoms with Gasteiger partial charge in [0, 0.05) is 23.5 Å². The molecule has 0 fully saturated rings. The Morgan fingerprint density at radius 2 is 2.00 bits per heavy atom. The molecule has 0 saturated carbocycles. The van der Waals surface area contributed by atoms with Crippen LogP contribution >= 0.6 is 0 Å². The number of hydrogen-bond acceptors (Lipinski definition) is 3. The van der Waals surface area contributed by atoms with Crippen molar-refractivity contribution in [3.05, 3.63) is 54.2 Å². The summed E-state index contributed by atoms with van der Waals surface area (Å²) >= 11 is 0. The minimum absolute atomic E-state index is 0.154. The molecule has 0 aliphatic heterocycles. The molecule has 1 aromatic heterocycles. The van der Waals surface area contributed by atoms with E-state index in [9.17, 15) is 4.79 Å². The van der Waals surface area contributed by atoms with Crippen molar-refractivity contribution in [3.63, 3.8) is 0 Å². The minimum Gasteiger partial charge on any atom is -0.481 e. The number of hydrogen-bond donors (Lipinski definition) is 1. The molecule has 17 heavy (non-hydrogen) atoms. The molecule has 4 heteroatoms. The van der Waals surface area contributed by atoms with Crippen LogP contribution in [-0.4, -0.2) is 18.0 Å². The Morgan fingerprint density at radius 1 is 1.24 bits per heavy atom. The van der Waals surface area contributed by atoms with Gasteiger partial charge in [-0.2, -0.15) is 0 Å². The molecule has 0 radical (unpaired) electrons. The molecule has 0 aliphatic carbocycles. The molecule has 1 heterocycles. The van der Waals surface area contributed by atoms with Crippen LogP contribution in [-0.2, 0) is 0 Å². The standard InChI is InChI=1S/C13H12N2O2/c1-17-12-9-11(7-8-14-12)15-13(16)10-5-3-2-4-6-10/h2-9H,1H3,(H,14,15,16). The van der Waals surface area contributed by atoms with Crippen molar-refractivity contribution in [1.29, 1.82) is 0 Å². The normalized spacial score (nSPS) is 9.71. The molecule has 0 aliphatic rings. The third-order valence-electron chi connectivity index (χ3n) is 2.24. The summed E-state index contributed by atoms with van der Waals surface area (Å²) in [5, 5.41) is 2.77. The quantitative estimate of drug-likeness (QED) is 0.877. The molecule has 1 amide bonds. The van der Waals surface area contributed by atoms with Crippen LogP contribution in [0.2, 0.25) is 0 Å². The van der Waals surface area contributed by atoms with Crippen LogP contribution in [0.3, 0.4) is 0 Å². The van der Waals surface area contributed by atoms with Crippen LogP contribution in [0.15, 0.2) is 48.7 Å². The summed E-state index contributed by atoms with van der Waals surface area (Å²) in [6.07, 6.45) is 1.58. The molecule has 0 unspecified atom stereocenters. The van der Waals surface area contributed by atoms with E-state index < -0.39 is 0 Å². The van der Waals surface area contributed by atoms with Gasteiger partial charge in [0.05, 0.1) is 7.11 Å². The van der Waals surface area contributed by atoms with E-state index in [1.165, 1.54) is 7.11 Å². The van der Waals surface area contributed by atoms with Gasteiger partial charge in [-0.25, -0.2) is 4.98 Å². The van der Waals surface area contributed by atoms with Crippen molar-refractivity contribution in [2.45, 2.75) is 0 Å². The fraction of sp³-hybridized carbons (Fsp3) is 0.0769. The van der Waals surface area contributed by atoms with Crippen molar-refractivity contribution in [2.75, 3.05) is 12.4 Å². The Labute approximate surface area is 99.3 Å². The van der Waals surface area contributed by atoms with E-state index in [2.05, 4.69) is 10.3 Å². The lowest BCUT2D eigenvalue weighted by Crippen LogP contribution is -2.11. The third kappa shape index (κ3) is 2.81. The fourth-order valence-electron chi connectivity index (χ4n) is 1.39. The predicted octanol–water partition coefficient (Wildman–Crippen LogP) is 2.34. The van der Waals surface area contributed by atoms with Gasteiger partial charge in [0.2, 0.25) is 5.88 Å². The number of amides is 1. The second-order valence-corrected chi connectivity index (χ2v) is 3.41. The minimum atomic E-state index is -0.154. The van der Waals surface area contributed by atoms with Gasteiger partial charge >= 0.3 is 0 Å². The molecular formula is C13H12N2O2. The summed E-state index contributed by atoms with van der Waals surface area (Å²) in [6, 6.07) is 12.4. The van der Waals surface area contributed by atoms with Crippen molar-refractivity contribution < 1.29 is 9.53 Å². The zero-order valence-corrected chi connectivity index (χ0v) is 9.38. The average molecular weight is 228 g/mol. The van der Waals surface area contributed by atoms with E-state index >= 15 is 0 Å². The SMILES string of the molecule is COc1cc(NC(=O)c2ccccc2)ccn1. The highest BCUT2D eigenvalue weighted by Gasteiger charge is 2.05. The molecule has 86 valence electrons. The molecule has 2 aromatic rings. The van der Waals surface area contributed by atoms with Gasteiger partial charge in [-0.15, -0.1) is 0 Å². The van der Waals surface area contributed by atoms with Crippen molar-refractivity contribution in [2.24, 2.45) is 0 Å². The van der Waals surface area contributed by atoms with E-state index in [1.807, 2.05) is 18.2 Å². The summed E-state index contributed by atoms with van der Waals surface area (Å²) in [6.45, 7) is 0. The van der Waals surface area contributed by atoms with Crippen LogP contribution in [0.4, 0.5) is 5.69 Å². The van der Waals surface area contributed by atoms with Gasteiger partial charge in [-0.05, 0) is 18.2 Å². The summed E-state index contributed by atoms with van der Waals surface area (Å²) in [5.74, 6) is 0.315. The first-order valence-electron chi connectivity index (χ1n) is 5.16. The van der Waals surface area contributed by atoms with Gasteiger partial charge in [-0.3, -0.25) is 4.79 Å². The average Bonchev–Trinajstić information content (AvgIpc) is 2.40. The molecule has 1 N–H and O–H groups in total. The van der Waals surface area contributed by atoms with E-state index in [0.29, 0.717) is 17.1 Å². The number of ether oxygens (including phenoxy) is 1. The maximum absolute atomic E-state index is 11.8. The highest BCUT2D eigenvalue weighted by Crippen LogP contribution is 2.14. The maximum atomic E-state index is 11.8. The summed E-state index contributed by atoms with van der Waals surface area (Å²) in [4.78, 5) is 15.8. The molecular weight excluding hydrogens is 216 g/mol. The molecule has 0 spiro atoms. The van der Waals surface area contributed by atoms with Gasteiger partial charge in [0.1, 0.15) is 0 Å². The van der Waals surface area contributed by atoms with Gasteiger partial charge in [0.25, 0.3) is 5.91 Å². The number of methoxy groups -OCH3 is 1. The molecule has 0 saturated heterocycles. The Bertz CT molecular complexity index is 512. The number of nitrogens with zero attached hydrogens (tertiary/aromatic N) is 1. The predicted molar refractivity (Wildman–Crippen MR) is 65.2 cm³/mol. The van der Waals surface area contributed by atoms with Gasteiger partial charge in [-0.1, -0.05) is 18.2 Å². The first-order valence-corrected chi connectivity index (χ1v) is 5.16. The number of carbonyl (C=O) groups excluding carboxylic acids is 1. The van der Waals surface area contributed by atoms with Crippen LogP contribution < -0.4 is 10.1 Å². The molecule has 2 rings (SSSR count). The number of nitrogens with one attached hydrogen (secondary N) is 1. The van der Waals surface area contributed by atoms with Crippen LogP contribution in [0.5, 0.6) is 5.88 Å². The number of pyridine rings is 1. The molecule has 4 nitrogen and oxygen atoms in total. The lowest BCUT2D eigenvalue weighted by atomic mass is 10.2. The van der Waals surface area contributed by atoms with Gasteiger partial charge < -0.3 is 10.1 Å². The third-order valence-corrected chi connectivity index (χ3v) is 2.24. The number of rotatable bonds is 3. The summed E-state index contributed by atoms with van der Waals surface area (Å²) < 4.78 is 4.98. The Morgan fingerprint density at radius 3 is 2.71 bits per heavy atom. The van der Waals surface area contributed by atoms with Gasteiger partial charge in [0.15, 0.2) is 0 Å². The Hall–Kier alpha value is -2.36. The van der Waals surface area contributed by atoms with Crippen LogP contribution in [0.25, 0.3) is 0 Å². The monoisotopic (exact) mass is 228 g/mol. The van der Waals surface area contributed by atoms with Crippen molar-refractivity contribution in [1.82, 2.24) is 4.98 Å². The first-order chi connectivity index (χ1) is 8.29. The molecule has 0 bridgehead atoms. The topological polar surface area (TPSA) is 51.2 Å². The van der Waals surface area contributed by atoms with Crippen LogP contribution in [0.1, 0.15) is 10.4 Å². The van der Waals surface area contributed by atoms with E-state index in [1.54, 1.807) is 30.5 Å². The largest absolute Gasteiger partial charge is 0.481 e. The first kappa shape index (κ1) is 11.1. The fourth-order valence-corrected chi connectivity index (χ4v) is 1.39. The molecule has 1 aromatic carbocycles. The van der Waals surface area contributed by atoms with Crippen molar-refractivity contribution >= 4 is 11.6 Å². The number of aromatic nitrogens is 1. The lowest BCUT2D eigenvalue weighted by molar-refractivity contribution is 0.102. The highest BCUT2D eigenvalue weighted by atomic mass is 16.5. The summed E-state index contributed by atoms with van der Waals surface area (Å²) in [7, 11) is 1.53. The highest BCUT2D eigenvalue weighted by molar-refractivity contribution is 6.04.